The average Bonchev–Trinajstić information content (AvgIpc) is 2.26. The minimum Gasteiger partial charge on any atom is -0.340 e. The Hall–Kier alpha value is -0.610. The lowest BCUT2D eigenvalue weighted by molar-refractivity contribution is -0.137. The first-order chi connectivity index (χ1) is 7.72. The molecule has 1 aliphatic carbocycles. The molecule has 0 bridgehead atoms. The molecule has 0 radical (unpaired) electrons. The molecule has 2 fully saturated rings. The van der Waals surface area contributed by atoms with Crippen LogP contribution in [0.25, 0.3) is 0 Å². The molecule has 0 aromatic rings. The number of nitrogens with zero attached hydrogens (tertiary/aromatic N) is 2. The summed E-state index contributed by atoms with van der Waals surface area (Å²) < 4.78 is 0. The highest BCUT2D eigenvalue weighted by atomic mass is 16.2. The zero-order valence-corrected chi connectivity index (χ0v) is 10.2. The number of rotatable bonds is 3. The molecule has 4 heteroatoms. The van der Waals surface area contributed by atoms with Gasteiger partial charge in [0, 0.05) is 44.7 Å². The van der Waals surface area contributed by atoms with Crippen molar-refractivity contribution in [1.29, 1.82) is 0 Å². The molecule has 1 aliphatic heterocycles. The van der Waals surface area contributed by atoms with Gasteiger partial charge in [0.25, 0.3) is 0 Å². The zero-order chi connectivity index (χ0) is 11.5. The molecule has 4 nitrogen and oxygen atoms in total. The van der Waals surface area contributed by atoms with Crippen LogP contribution in [0.5, 0.6) is 0 Å². The third-order valence-electron chi connectivity index (χ3n) is 3.99. The number of carbonyl (C=O) groups excluding carboxylic acids is 1. The number of carbonyl (C=O) groups is 1. The molecule has 1 saturated carbocycles. The van der Waals surface area contributed by atoms with Gasteiger partial charge < -0.3 is 10.6 Å². The lowest BCUT2D eigenvalue weighted by atomic mass is 9.91. The normalized spacial score (nSPS) is 25.2. The van der Waals surface area contributed by atoms with Crippen molar-refractivity contribution in [2.24, 2.45) is 11.7 Å². The van der Waals surface area contributed by atoms with Crippen LogP contribution < -0.4 is 5.73 Å². The van der Waals surface area contributed by atoms with Crippen LogP contribution in [0.15, 0.2) is 0 Å². The van der Waals surface area contributed by atoms with Gasteiger partial charge in [-0.2, -0.15) is 0 Å². The van der Waals surface area contributed by atoms with E-state index in [2.05, 4.69) is 4.90 Å². The molecule has 1 saturated heterocycles. The molecule has 2 aliphatic rings. The van der Waals surface area contributed by atoms with Crippen LogP contribution in [0.1, 0.15) is 26.2 Å². The first-order valence-electron chi connectivity index (χ1n) is 6.45. The van der Waals surface area contributed by atoms with Gasteiger partial charge in [-0.1, -0.05) is 13.3 Å². The van der Waals surface area contributed by atoms with Gasteiger partial charge in [0.15, 0.2) is 0 Å². The van der Waals surface area contributed by atoms with Crippen LogP contribution in [0.4, 0.5) is 0 Å². The fraction of sp³-hybridized carbons (Fsp3) is 0.917. The number of piperazine rings is 1. The smallest absolute Gasteiger partial charge is 0.226 e. The minimum atomic E-state index is -0.0183. The van der Waals surface area contributed by atoms with E-state index < -0.39 is 0 Å². The topological polar surface area (TPSA) is 49.6 Å². The van der Waals surface area contributed by atoms with Crippen molar-refractivity contribution in [3.05, 3.63) is 0 Å². The van der Waals surface area contributed by atoms with Crippen LogP contribution >= 0.6 is 0 Å². The first-order valence-corrected chi connectivity index (χ1v) is 6.45. The van der Waals surface area contributed by atoms with E-state index in [1.165, 1.54) is 19.3 Å². The Morgan fingerprint density at radius 3 is 2.38 bits per heavy atom. The summed E-state index contributed by atoms with van der Waals surface area (Å²) in [4.78, 5) is 16.4. The second kappa shape index (κ2) is 5.15. The summed E-state index contributed by atoms with van der Waals surface area (Å²) in [5.41, 5.74) is 5.53. The molecule has 2 N–H and O–H groups in total. The van der Waals surface area contributed by atoms with E-state index in [0.717, 1.165) is 32.2 Å². The van der Waals surface area contributed by atoms with Crippen molar-refractivity contribution in [2.75, 3.05) is 32.7 Å². The molecule has 0 aromatic heterocycles. The van der Waals surface area contributed by atoms with E-state index in [4.69, 9.17) is 5.73 Å². The Balaban J connectivity index is 1.77. The Morgan fingerprint density at radius 1 is 1.31 bits per heavy atom. The molecular formula is C12H23N3O. The van der Waals surface area contributed by atoms with Gasteiger partial charge in [-0.3, -0.25) is 9.69 Å². The van der Waals surface area contributed by atoms with Gasteiger partial charge in [0.05, 0.1) is 0 Å². The SMILES string of the molecule is CC(CN)C(=O)N1CCN(C2CCC2)CC1. The van der Waals surface area contributed by atoms with Crippen LogP contribution in [0, 0.1) is 5.92 Å². The Morgan fingerprint density at radius 2 is 1.94 bits per heavy atom. The third kappa shape index (κ3) is 2.38. The molecule has 0 spiro atoms. The highest BCUT2D eigenvalue weighted by Crippen LogP contribution is 2.25. The summed E-state index contributed by atoms with van der Waals surface area (Å²) >= 11 is 0. The molecule has 0 aromatic carbocycles. The molecular weight excluding hydrogens is 202 g/mol. The highest BCUT2D eigenvalue weighted by Gasteiger charge is 2.30. The quantitative estimate of drug-likeness (QED) is 0.750. The molecule has 1 heterocycles. The van der Waals surface area contributed by atoms with E-state index in [0.29, 0.717) is 6.54 Å². The molecule has 16 heavy (non-hydrogen) atoms. The molecule has 1 amide bonds. The lowest BCUT2D eigenvalue weighted by Gasteiger charge is -2.43. The minimum absolute atomic E-state index is 0.0183. The summed E-state index contributed by atoms with van der Waals surface area (Å²) in [7, 11) is 0. The summed E-state index contributed by atoms with van der Waals surface area (Å²) in [6.07, 6.45) is 4.09. The second-order valence-corrected chi connectivity index (χ2v) is 5.08. The standard InChI is InChI=1S/C12H23N3O/c1-10(9-13)12(16)15-7-5-14(6-8-15)11-3-2-4-11/h10-11H,2-9,13H2,1H3. The van der Waals surface area contributed by atoms with Gasteiger partial charge in [0.2, 0.25) is 5.91 Å². The monoisotopic (exact) mass is 225 g/mol. The molecule has 1 unspecified atom stereocenters. The molecule has 92 valence electrons. The summed E-state index contributed by atoms with van der Waals surface area (Å²) in [5.74, 6) is 0.214. The maximum atomic E-state index is 11.9. The maximum absolute atomic E-state index is 11.9. The fourth-order valence-corrected chi connectivity index (χ4v) is 2.47. The zero-order valence-electron chi connectivity index (χ0n) is 10.2. The van der Waals surface area contributed by atoms with Crippen molar-refractivity contribution in [1.82, 2.24) is 9.80 Å². The van der Waals surface area contributed by atoms with Crippen molar-refractivity contribution >= 4 is 5.91 Å². The summed E-state index contributed by atoms with van der Waals surface area (Å²) in [5, 5.41) is 0. The third-order valence-corrected chi connectivity index (χ3v) is 3.99. The van der Waals surface area contributed by atoms with E-state index in [-0.39, 0.29) is 11.8 Å². The molecule has 1 atom stereocenters. The van der Waals surface area contributed by atoms with E-state index in [1.807, 2.05) is 11.8 Å². The van der Waals surface area contributed by atoms with Crippen molar-refractivity contribution in [3.8, 4) is 0 Å². The highest BCUT2D eigenvalue weighted by molar-refractivity contribution is 5.78. The van der Waals surface area contributed by atoms with Gasteiger partial charge >= 0.3 is 0 Å². The Labute approximate surface area is 97.8 Å². The first kappa shape index (κ1) is 11.9. The number of hydrogen-bond acceptors (Lipinski definition) is 3. The largest absolute Gasteiger partial charge is 0.340 e. The van der Waals surface area contributed by atoms with Crippen molar-refractivity contribution < 1.29 is 4.79 Å². The van der Waals surface area contributed by atoms with Crippen LogP contribution in [0.3, 0.4) is 0 Å². The van der Waals surface area contributed by atoms with Crippen LogP contribution in [-0.4, -0.2) is 54.5 Å². The molecule has 2 rings (SSSR count). The van der Waals surface area contributed by atoms with Crippen molar-refractivity contribution in [3.63, 3.8) is 0 Å². The lowest BCUT2D eigenvalue weighted by Crippen LogP contribution is -2.54. The van der Waals surface area contributed by atoms with Gasteiger partial charge in [-0.25, -0.2) is 0 Å². The fourth-order valence-electron chi connectivity index (χ4n) is 2.47. The Bertz CT molecular complexity index is 245. The van der Waals surface area contributed by atoms with E-state index >= 15 is 0 Å². The summed E-state index contributed by atoms with van der Waals surface area (Å²) in [6.45, 7) is 6.25. The number of hydrogen-bond donors (Lipinski definition) is 1. The Kier molecular flexibility index (Phi) is 3.82. The average molecular weight is 225 g/mol. The van der Waals surface area contributed by atoms with Crippen LogP contribution in [-0.2, 0) is 4.79 Å². The van der Waals surface area contributed by atoms with Crippen molar-refractivity contribution in [2.45, 2.75) is 32.2 Å². The van der Waals surface area contributed by atoms with E-state index in [9.17, 15) is 4.79 Å². The van der Waals surface area contributed by atoms with Gasteiger partial charge in [-0.15, -0.1) is 0 Å². The van der Waals surface area contributed by atoms with Gasteiger partial charge in [0.1, 0.15) is 0 Å². The predicted molar refractivity (Wildman–Crippen MR) is 64.0 cm³/mol. The second-order valence-electron chi connectivity index (χ2n) is 5.08. The maximum Gasteiger partial charge on any atom is 0.226 e. The number of amides is 1. The summed E-state index contributed by atoms with van der Waals surface area (Å²) in [6, 6.07) is 0.809. The predicted octanol–water partition coefficient (Wildman–Crippen LogP) is 0.278. The van der Waals surface area contributed by atoms with E-state index in [1.54, 1.807) is 0 Å². The van der Waals surface area contributed by atoms with Gasteiger partial charge in [-0.05, 0) is 12.8 Å². The number of nitrogens with two attached hydrogens (primary N) is 1. The van der Waals surface area contributed by atoms with Crippen LogP contribution in [0.2, 0.25) is 0 Å².